The van der Waals surface area contributed by atoms with Crippen LogP contribution in [0.5, 0.6) is 0 Å². The Bertz CT molecular complexity index is 404. The molecule has 64 valence electrons. The van der Waals surface area contributed by atoms with Gasteiger partial charge in [-0.3, -0.25) is 4.79 Å². The molecular formula is C10H8N2O. The van der Waals surface area contributed by atoms with Crippen LogP contribution in [0.4, 0.5) is 0 Å². The van der Waals surface area contributed by atoms with Gasteiger partial charge in [-0.15, -0.1) is 0 Å². The SMILES string of the molecule is N#CCc1cccc2c1CNC2=O. The number of hydrogen-bond acceptors (Lipinski definition) is 2. The summed E-state index contributed by atoms with van der Waals surface area (Å²) >= 11 is 0. The first-order chi connectivity index (χ1) is 6.33. The molecule has 3 nitrogen and oxygen atoms in total. The van der Waals surface area contributed by atoms with E-state index in [1.165, 1.54) is 0 Å². The summed E-state index contributed by atoms with van der Waals surface area (Å²) in [6.07, 6.45) is 0.373. The third-order valence-corrected chi connectivity index (χ3v) is 2.21. The fourth-order valence-electron chi connectivity index (χ4n) is 1.57. The molecule has 0 atom stereocenters. The van der Waals surface area contributed by atoms with Crippen molar-refractivity contribution < 1.29 is 4.79 Å². The summed E-state index contributed by atoms with van der Waals surface area (Å²) in [7, 11) is 0. The maximum absolute atomic E-state index is 11.2. The van der Waals surface area contributed by atoms with Crippen LogP contribution in [0.2, 0.25) is 0 Å². The Labute approximate surface area is 76.0 Å². The topological polar surface area (TPSA) is 52.9 Å². The molecule has 3 heteroatoms. The summed E-state index contributed by atoms with van der Waals surface area (Å²) in [4.78, 5) is 11.2. The van der Waals surface area contributed by atoms with Gasteiger partial charge in [0.05, 0.1) is 12.5 Å². The first-order valence-electron chi connectivity index (χ1n) is 4.09. The van der Waals surface area contributed by atoms with Crippen molar-refractivity contribution in [3.63, 3.8) is 0 Å². The van der Waals surface area contributed by atoms with Gasteiger partial charge in [-0.2, -0.15) is 5.26 Å². The van der Waals surface area contributed by atoms with Crippen LogP contribution in [-0.2, 0) is 13.0 Å². The van der Waals surface area contributed by atoms with Gasteiger partial charge >= 0.3 is 0 Å². The number of hydrogen-bond donors (Lipinski definition) is 1. The molecule has 0 fully saturated rings. The van der Waals surface area contributed by atoms with E-state index in [0.717, 1.165) is 11.1 Å². The molecule has 13 heavy (non-hydrogen) atoms. The summed E-state index contributed by atoms with van der Waals surface area (Å²) in [5.74, 6) is -0.0326. The zero-order valence-electron chi connectivity index (χ0n) is 7.00. The van der Waals surface area contributed by atoms with E-state index in [2.05, 4.69) is 11.4 Å². The predicted octanol–water partition coefficient (Wildman–Crippen LogP) is 0.996. The minimum absolute atomic E-state index is 0.0326. The number of nitrogens with zero attached hydrogens (tertiary/aromatic N) is 1. The van der Waals surface area contributed by atoms with E-state index in [4.69, 9.17) is 5.26 Å². The molecule has 0 aliphatic carbocycles. The van der Waals surface area contributed by atoms with Crippen LogP contribution in [0, 0.1) is 11.3 Å². The Balaban J connectivity index is 2.52. The number of amides is 1. The zero-order valence-corrected chi connectivity index (χ0v) is 7.00. The molecule has 1 amide bonds. The number of benzene rings is 1. The highest BCUT2D eigenvalue weighted by atomic mass is 16.1. The summed E-state index contributed by atoms with van der Waals surface area (Å²) in [6, 6.07) is 7.59. The third kappa shape index (κ3) is 1.17. The Hall–Kier alpha value is -1.82. The lowest BCUT2D eigenvalue weighted by Crippen LogP contribution is -2.12. The van der Waals surface area contributed by atoms with E-state index in [9.17, 15) is 4.79 Å². The monoisotopic (exact) mass is 172 g/mol. The quantitative estimate of drug-likeness (QED) is 0.687. The zero-order chi connectivity index (χ0) is 9.26. The first kappa shape index (κ1) is 7.81. The van der Waals surface area contributed by atoms with Crippen molar-refractivity contribution in [1.29, 1.82) is 5.26 Å². The Morgan fingerprint density at radius 3 is 3.15 bits per heavy atom. The second kappa shape index (κ2) is 2.91. The molecule has 0 unspecified atom stereocenters. The average Bonchev–Trinajstić information content (AvgIpc) is 2.50. The summed E-state index contributed by atoms with van der Waals surface area (Å²) in [5.41, 5.74) is 2.65. The van der Waals surface area contributed by atoms with E-state index < -0.39 is 0 Å². The second-order valence-corrected chi connectivity index (χ2v) is 2.96. The van der Waals surface area contributed by atoms with E-state index in [0.29, 0.717) is 18.5 Å². The molecule has 1 N–H and O–H groups in total. The largest absolute Gasteiger partial charge is 0.348 e. The van der Waals surface area contributed by atoms with Crippen LogP contribution in [-0.4, -0.2) is 5.91 Å². The molecule has 1 aromatic rings. The van der Waals surface area contributed by atoms with Crippen molar-refractivity contribution in [2.75, 3.05) is 0 Å². The first-order valence-corrected chi connectivity index (χ1v) is 4.09. The Kier molecular flexibility index (Phi) is 1.75. The normalized spacial score (nSPS) is 13.3. The highest BCUT2D eigenvalue weighted by Crippen LogP contribution is 2.19. The van der Waals surface area contributed by atoms with Crippen LogP contribution >= 0.6 is 0 Å². The number of rotatable bonds is 1. The lowest BCUT2D eigenvalue weighted by molar-refractivity contribution is 0.0966. The summed E-state index contributed by atoms with van der Waals surface area (Å²) in [5, 5.41) is 11.3. The Morgan fingerprint density at radius 2 is 2.38 bits per heavy atom. The van der Waals surface area contributed by atoms with Crippen molar-refractivity contribution in [3.8, 4) is 6.07 Å². The molecule has 0 saturated heterocycles. The third-order valence-electron chi connectivity index (χ3n) is 2.21. The van der Waals surface area contributed by atoms with Crippen molar-refractivity contribution in [2.45, 2.75) is 13.0 Å². The molecule has 1 aromatic carbocycles. The van der Waals surface area contributed by atoms with Crippen LogP contribution in [0.25, 0.3) is 0 Å². The van der Waals surface area contributed by atoms with Gasteiger partial charge < -0.3 is 5.32 Å². The van der Waals surface area contributed by atoms with Crippen molar-refractivity contribution in [1.82, 2.24) is 5.32 Å². The van der Waals surface area contributed by atoms with Gasteiger partial charge in [-0.1, -0.05) is 12.1 Å². The van der Waals surface area contributed by atoms with Crippen LogP contribution in [0.15, 0.2) is 18.2 Å². The van der Waals surface area contributed by atoms with Crippen LogP contribution in [0.3, 0.4) is 0 Å². The number of fused-ring (bicyclic) bond motifs is 1. The van der Waals surface area contributed by atoms with E-state index >= 15 is 0 Å². The minimum Gasteiger partial charge on any atom is -0.348 e. The Morgan fingerprint density at radius 1 is 1.54 bits per heavy atom. The molecule has 0 spiro atoms. The molecule has 1 aliphatic rings. The highest BCUT2D eigenvalue weighted by Gasteiger charge is 2.20. The summed E-state index contributed by atoms with van der Waals surface area (Å²) in [6.45, 7) is 0.562. The fraction of sp³-hybridized carbons (Fsp3) is 0.200. The van der Waals surface area contributed by atoms with Gasteiger partial charge in [-0.05, 0) is 17.2 Å². The minimum atomic E-state index is -0.0326. The standard InChI is InChI=1S/C10H8N2O/c11-5-4-7-2-1-3-8-9(7)6-12-10(8)13/h1-3H,4,6H2,(H,12,13). The lowest BCUT2D eigenvalue weighted by Gasteiger charge is -2.00. The number of carbonyl (C=O) groups excluding carboxylic acids is 1. The van der Waals surface area contributed by atoms with Gasteiger partial charge in [0.1, 0.15) is 0 Å². The van der Waals surface area contributed by atoms with E-state index in [1.54, 1.807) is 6.07 Å². The highest BCUT2D eigenvalue weighted by molar-refractivity contribution is 5.98. The molecule has 0 bridgehead atoms. The lowest BCUT2D eigenvalue weighted by atomic mass is 10.0. The number of carbonyl (C=O) groups is 1. The predicted molar refractivity (Wildman–Crippen MR) is 46.9 cm³/mol. The van der Waals surface area contributed by atoms with Crippen molar-refractivity contribution in [3.05, 3.63) is 34.9 Å². The van der Waals surface area contributed by atoms with Gasteiger partial charge in [-0.25, -0.2) is 0 Å². The molecule has 2 rings (SSSR count). The number of nitriles is 1. The van der Waals surface area contributed by atoms with Crippen LogP contribution in [0.1, 0.15) is 21.5 Å². The molecule has 0 aromatic heterocycles. The fourth-order valence-corrected chi connectivity index (χ4v) is 1.57. The molecule has 1 heterocycles. The van der Waals surface area contributed by atoms with Gasteiger partial charge in [0.15, 0.2) is 0 Å². The van der Waals surface area contributed by atoms with E-state index in [-0.39, 0.29) is 5.91 Å². The van der Waals surface area contributed by atoms with Gasteiger partial charge in [0, 0.05) is 12.1 Å². The summed E-state index contributed by atoms with van der Waals surface area (Å²) < 4.78 is 0. The van der Waals surface area contributed by atoms with Crippen molar-refractivity contribution >= 4 is 5.91 Å². The second-order valence-electron chi connectivity index (χ2n) is 2.96. The maximum atomic E-state index is 11.2. The maximum Gasteiger partial charge on any atom is 0.251 e. The average molecular weight is 172 g/mol. The van der Waals surface area contributed by atoms with Crippen molar-refractivity contribution in [2.24, 2.45) is 0 Å². The molecular weight excluding hydrogens is 164 g/mol. The molecule has 0 radical (unpaired) electrons. The molecule has 1 aliphatic heterocycles. The smallest absolute Gasteiger partial charge is 0.251 e. The number of nitrogens with one attached hydrogen (secondary N) is 1. The van der Waals surface area contributed by atoms with Crippen LogP contribution < -0.4 is 5.32 Å². The van der Waals surface area contributed by atoms with Gasteiger partial charge in [0.2, 0.25) is 0 Å². The molecule has 0 saturated carbocycles. The van der Waals surface area contributed by atoms with Gasteiger partial charge in [0.25, 0.3) is 5.91 Å². The van der Waals surface area contributed by atoms with E-state index in [1.807, 2.05) is 12.1 Å².